The Morgan fingerprint density at radius 3 is 1.00 bits per heavy atom. The monoisotopic (exact) mass is 976 g/mol. The second-order valence-corrected chi connectivity index (χ2v) is 22.8. The number of benzene rings is 6. The minimum absolute atomic E-state index is 0.524. The van der Waals surface area contributed by atoms with Crippen LogP contribution in [0.1, 0.15) is 126 Å². The van der Waals surface area contributed by atoms with Crippen LogP contribution in [0.3, 0.4) is 0 Å². The van der Waals surface area contributed by atoms with Crippen molar-refractivity contribution >= 4 is 48.1 Å². The number of rotatable bonds is 10. The van der Waals surface area contributed by atoms with Crippen LogP contribution < -0.4 is 0 Å². The Morgan fingerprint density at radius 1 is 0.438 bits per heavy atom. The topological polar surface area (TPSA) is 0 Å². The molecule has 8 aromatic carbocycles. The van der Waals surface area contributed by atoms with Gasteiger partial charge in [0.25, 0.3) is 0 Å². The second kappa shape index (κ2) is 24.7. The van der Waals surface area contributed by atoms with Crippen molar-refractivity contribution in [1.82, 2.24) is 0 Å². The molecular formula is C60H68Cl2SiZr. The van der Waals surface area contributed by atoms with E-state index in [1.807, 2.05) is 0 Å². The number of hydrogen-bond donors (Lipinski definition) is 0. The summed E-state index contributed by atoms with van der Waals surface area (Å²) in [6.45, 7) is 27.2. The van der Waals surface area contributed by atoms with E-state index >= 15 is 0 Å². The maximum absolute atomic E-state index is 4.93. The van der Waals surface area contributed by atoms with Gasteiger partial charge in [0.15, 0.2) is 0 Å². The van der Waals surface area contributed by atoms with Crippen LogP contribution in [0.15, 0.2) is 146 Å². The SMILES string of the molecule is CCc1ccc2[cH-]c(-c3ccccc3)cc2c1-c1cc(C(C)C)cc(C(C)C)c1.CCc1ccc2[cH-]c(-c3ccccc3)cc2c1-c1cc(C(C)C)cc(C(C)C)c1.C[Si]C.[Cl][Zr+2][Cl]. The Kier molecular flexibility index (Phi) is 19.7. The molecule has 0 heterocycles. The van der Waals surface area contributed by atoms with Crippen LogP contribution >= 0.6 is 17.0 Å². The van der Waals surface area contributed by atoms with Crippen molar-refractivity contribution in [2.75, 3.05) is 0 Å². The van der Waals surface area contributed by atoms with Crippen molar-refractivity contribution in [2.45, 2.75) is 119 Å². The Morgan fingerprint density at radius 2 is 0.734 bits per heavy atom. The van der Waals surface area contributed by atoms with Crippen molar-refractivity contribution < 1.29 is 20.8 Å². The molecule has 0 aliphatic heterocycles. The summed E-state index contributed by atoms with van der Waals surface area (Å²) in [6, 6.07) is 54.6. The van der Waals surface area contributed by atoms with Crippen LogP contribution in [-0.4, -0.2) is 9.52 Å². The first-order chi connectivity index (χ1) is 30.8. The molecule has 0 amide bonds. The van der Waals surface area contributed by atoms with Gasteiger partial charge in [0.2, 0.25) is 0 Å². The fourth-order valence-electron chi connectivity index (χ4n) is 8.49. The van der Waals surface area contributed by atoms with Gasteiger partial charge in [0, 0.05) is 9.52 Å². The van der Waals surface area contributed by atoms with Gasteiger partial charge in [-0.15, -0.1) is 69.1 Å². The molecule has 64 heavy (non-hydrogen) atoms. The zero-order chi connectivity index (χ0) is 46.5. The summed E-state index contributed by atoms with van der Waals surface area (Å²) in [5, 5.41) is 5.41. The van der Waals surface area contributed by atoms with E-state index in [0.29, 0.717) is 23.7 Å². The molecule has 0 bridgehead atoms. The molecule has 0 N–H and O–H groups in total. The van der Waals surface area contributed by atoms with Crippen LogP contribution in [0.25, 0.3) is 66.1 Å². The average molecular weight is 979 g/mol. The molecule has 0 aromatic heterocycles. The van der Waals surface area contributed by atoms with Gasteiger partial charge >= 0.3 is 37.9 Å². The molecule has 0 fully saturated rings. The fraction of sp³-hybridized carbons (Fsp3) is 0.300. The minimum atomic E-state index is -0.826. The van der Waals surface area contributed by atoms with Gasteiger partial charge in [-0.2, -0.15) is 0 Å². The Hall–Kier alpha value is -3.78. The van der Waals surface area contributed by atoms with Crippen LogP contribution in [0.4, 0.5) is 0 Å². The Labute approximate surface area is 408 Å². The maximum atomic E-state index is 4.93. The third kappa shape index (κ3) is 12.8. The first-order valence-corrected chi connectivity index (χ1v) is 31.5. The molecule has 2 radical (unpaired) electrons. The molecule has 0 unspecified atom stereocenters. The summed E-state index contributed by atoms with van der Waals surface area (Å²) < 4.78 is 0. The number of fused-ring (bicyclic) bond motifs is 2. The fourth-order valence-corrected chi connectivity index (χ4v) is 8.49. The Balaban J connectivity index is 0.000000215. The third-order valence-electron chi connectivity index (χ3n) is 12.1. The molecular weight excluding hydrogens is 911 g/mol. The Bertz CT molecular complexity index is 2440. The number of hydrogen-bond acceptors (Lipinski definition) is 0. The van der Waals surface area contributed by atoms with E-state index in [0.717, 1.165) is 22.4 Å². The average Bonchev–Trinajstić information content (AvgIpc) is 3.94. The van der Waals surface area contributed by atoms with Gasteiger partial charge in [-0.3, -0.25) is 0 Å². The molecule has 8 rings (SSSR count). The van der Waals surface area contributed by atoms with Crippen LogP contribution in [0, 0.1) is 0 Å². The van der Waals surface area contributed by atoms with E-state index in [-0.39, 0.29) is 0 Å². The van der Waals surface area contributed by atoms with Gasteiger partial charge in [-0.1, -0.05) is 214 Å². The zero-order valence-corrected chi connectivity index (χ0v) is 45.3. The summed E-state index contributed by atoms with van der Waals surface area (Å²) in [5.41, 5.74) is 19.3. The van der Waals surface area contributed by atoms with Crippen molar-refractivity contribution in [2.24, 2.45) is 0 Å². The van der Waals surface area contributed by atoms with Crippen molar-refractivity contribution in [3.63, 3.8) is 0 Å². The molecule has 0 aliphatic carbocycles. The summed E-state index contributed by atoms with van der Waals surface area (Å²) >= 11 is -0.826. The molecule has 0 nitrogen and oxygen atoms in total. The molecule has 0 saturated carbocycles. The number of halogens is 2. The standard InChI is InChI=1S/2C29H31.C2H6Si.2ClH.Zr/c2*1-6-21-12-13-23-14-26(22-10-8-7-9-11-22)18-28(23)29(21)27-16-24(19(2)3)15-25(17-27)20(4)5;1-3-2;;;/h2*7-20H,6H2,1-5H3;1-2H3;2*1H;/q2*-1;;;;+4/p-2. The number of aryl methyl sites for hydroxylation is 2. The van der Waals surface area contributed by atoms with Gasteiger partial charge in [-0.05, 0) is 81.0 Å². The van der Waals surface area contributed by atoms with Crippen LogP contribution in [0.2, 0.25) is 13.1 Å². The molecule has 0 atom stereocenters. The second-order valence-electron chi connectivity index (χ2n) is 18.1. The van der Waals surface area contributed by atoms with E-state index < -0.39 is 20.8 Å². The molecule has 0 aliphatic rings. The normalized spacial score (nSPS) is 11.0. The zero-order valence-electron chi connectivity index (χ0n) is 40.3. The van der Waals surface area contributed by atoms with Crippen molar-refractivity contribution in [1.29, 1.82) is 0 Å². The van der Waals surface area contributed by atoms with E-state index in [2.05, 4.69) is 228 Å². The van der Waals surface area contributed by atoms with E-state index in [9.17, 15) is 0 Å². The predicted molar refractivity (Wildman–Crippen MR) is 285 cm³/mol. The molecule has 8 aromatic rings. The molecule has 4 heteroatoms. The molecule has 0 saturated heterocycles. The quantitative estimate of drug-likeness (QED) is 0.0946. The van der Waals surface area contributed by atoms with E-state index in [1.54, 1.807) is 0 Å². The van der Waals surface area contributed by atoms with Gasteiger partial charge < -0.3 is 0 Å². The van der Waals surface area contributed by atoms with Crippen molar-refractivity contribution in [3.05, 3.63) is 179 Å². The van der Waals surface area contributed by atoms with E-state index in [4.69, 9.17) is 17.0 Å². The third-order valence-corrected chi connectivity index (χ3v) is 12.1. The first-order valence-electron chi connectivity index (χ1n) is 23.2. The summed E-state index contributed by atoms with van der Waals surface area (Å²) in [7, 11) is 11.0. The molecule has 0 spiro atoms. The van der Waals surface area contributed by atoms with Gasteiger partial charge in [0.05, 0.1) is 0 Å². The summed E-state index contributed by atoms with van der Waals surface area (Å²) in [6.07, 6.45) is 2.08. The van der Waals surface area contributed by atoms with E-state index in [1.165, 1.54) is 99.4 Å². The van der Waals surface area contributed by atoms with Crippen molar-refractivity contribution in [3.8, 4) is 44.5 Å². The van der Waals surface area contributed by atoms with Gasteiger partial charge in [-0.25, -0.2) is 0 Å². The summed E-state index contributed by atoms with van der Waals surface area (Å²) in [4.78, 5) is 0. The van der Waals surface area contributed by atoms with Crippen LogP contribution in [0.5, 0.6) is 0 Å². The first kappa shape index (κ1) is 51.2. The predicted octanol–water partition coefficient (Wildman–Crippen LogP) is 19.6. The van der Waals surface area contributed by atoms with Gasteiger partial charge in [0.1, 0.15) is 0 Å². The van der Waals surface area contributed by atoms with Crippen LogP contribution in [-0.2, 0) is 33.7 Å². The molecule has 330 valence electrons. The summed E-state index contributed by atoms with van der Waals surface area (Å²) in [5.74, 6) is 2.10.